The zero-order valence-corrected chi connectivity index (χ0v) is 17.2. The summed E-state index contributed by atoms with van der Waals surface area (Å²) in [6.07, 6.45) is 1.20. The Labute approximate surface area is 170 Å². The van der Waals surface area contributed by atoms with Gasteiger partial charge in [0, 0.05) is 22.6 Å². The molecule has 5 nitrogen and oxygen atoms in total. The fourth-order valence-corrected chi connectivity index (χ4v) is 4.79. The van der Waals surface area contributed by atoms with Crippen LogP contribution in [-0.2, 0) is 22.9 Å². The number of nitrogens with zero attached hydrogens (tertiary/aromatic N) is 1. The Kier molecular flexibility index (Phi) is 6.46. The molecular weight excluding hydrogens is 407 g/mol. The van der Waals surface area contributed by atoms with Crippen LogP contribution < -0.4 is 5.32 Å². The third kappa shape index (κ3) is 5.44. The molecule has 0 radical (unpaired) electrons. The van der Waals surface area contributed by atoms with Crippen molar-refractivity contribution in [1.29, 1.82) is 0 Å². The molecule has 1 fully saturated rings. The number of halogens is 2. The summed E-state index contributed by atoms with van der Waals surface area (Å²) in [4.78, 5) is 0. The maximum Gasteiger partial charge on any atom is 0.211 e. The molecule has 3 rings (SSSR count). The lowest BCUT2D eigenvalue weighted by molar-refractivity contribution is 0.0149. The normalized spacial score (nSPS) is 24.1. The van der Waals surface area contributed by atoms with Crippen molar-refractivity contribution >= 4 is 33.2 Å². The monoisotopic (exact) mass is 428 g/mol. The van der Waals surface area contributed by atoms with Crippen LogP contribution in [0.1, 0.15) is 11.1 Å². The number of aliphatic hydroxyl groups excluding tert-OH is 1. The zero-order valence-electron chi connectivity index (χ0n) is 14.8. The van der Waals surface area contributed by atoms with Gasteiger partial charge in [-0.3, -0.25) is 5.32 Å². The molecule has 146 valence electrons. The molecule has 1 aliphatic rings. The summed E-state index contributed by atoms with van der Waals surface area (Å²) in [6, 6.07) is 13.8. The van der Waals surface area contributed by atoms with Gasteiger partial charge in [-0.1, -0.05) is 47.5 Å². The minimum Gasteiger partial charge on any atom is -0.377 e. The highest BCUT2D eigenvalue weighted by Gasteiger charge is 2.39. The van der Waals surface area contributed by atoms with E-state index in [4.69, 9.17) is 23.2 Å². The molecule has 0 spiro atoms. The van der Waals surface area contributed by atoms with E-state index in [0.717, 1.165) is 11.1 Å². The number of aliphatic hydroxyl groups is 1. The van der Waals surface area contributed by atoms with Crippen LogP contribution >= 0.6 is 23.2 Å². The topological polar surface area (TPSA) is 69.6 Å². The van der Waals surface area contributed by atoms with Crippen molar-refractivity contribution in [3.05, 3.63) is 69.7 Å². The van der Waals surface area contributed by atoms with E-state index in [-0.39, 0.29) is 12.6 Å². The molecule has 2 N–H and O–H groups in total. The quantitative estimate of drug-likeness (QED) is 0.767. The SMILES string of the molecule is CS(=O)(=O)N1CC(Cc2ccc(Cl)cc2)NC(O)[C@@H]1Cc1ccc(Cl)cc1. The molecule has 1 heterocycles. The molecule has 0 aromatic heterocycles. The molecule has 0 amide bonds. The van der Waals surface area contributed by atoms with Gasteiger partial charge in [-0.2, -0.15) is 4.31 Å². The van der Waals surface area contributed by atoms with Gasteiger partial charge < -0.3 is 5.11 Å². The smallest absolute Gasteiger partial charge is 0.211 e. The number of nitrogens with one attached hydrogen (secondary N) is 1. The van der Waals surface area contributed by atoms with Crippen LogP contribution in [0.3, 0.4) is 0 Å². The van der Waals surface area contributed by atoms with Crippen molar-refractivity contribution in [2.45, 2.75) is 31.2 Å². The van der Waals surface area contributed by atoms with Gasteiger partial charge in [0.05, 0.1) is 12.3 Å². The second-order valence-electron chi connectivity index (χ2n) is 6.87. The first-order valence-electron chi connectivity index (χ1n) is 8.62. The molecule has 27 heavy (non-hydrogen) atoms. The molecule has 8 heteroatoms. The van der Waals surface area contributed by atoms with Crippen LogP contribution in [0.25, 0.3) is 0 Å². The molecule has 1 aliphatic heterocycles. The third-order valence-electron chi connectivity index (χ3n) is 4.72. The highest BCUT2D eigenvalue weighted by atomic mass is 35.5. The van der Waals surface area contributed by atoms with Gasteiger partial charge >= 0.3 is 0 Å². The second kappa shape index (κ2) is 8.47. The number of sulfonamides is 1. The summed E-state index contributed by atoms with van der Waals surface area (Å²) in [5, 5.41) is 15.1. The van der Waals surface area contributed by atoms with Gasteiger partial charge in [0.25, 0.3) is 0 Å². The van der Waals surface area contributed by atoms with Gasteiger partial charge in [0.1, 0.15) is 6.23 Å². The highest BCUT2D eigenvalue weighted by molar-refractivity contribution is 7.88. The van der Waals surface area contributed by atoms with Gasteiger partial charge in [0.2, 0.25) is 10.0 Å². The molecule has 2 aromatic rings. The molecule has 0 saturated carbocycles. The Morgan fingerprint density at radius 1 is 1.00 bits per heavy atom. The number of hydrogen-bond acceptors (Lipinski definition) is 4. The first kappa shape index (κ1) is 20.6. The average molecular weight is 429 g/mol. The van der Waals surface area contributed by atoms with Crippen molar-refractivity contribution in [3.8, 4) is 0 Å². The predicted octanol–water partition coefficient (Wildman–Crippen LogP) is 2.70. The Hall–Kier alpha value is -1.15. The average Bonchev–Trinajstić information content (AvgIpc) is 2.60. The Balaban J connectivity index is 1.77. The van der Waals surface area contributed by atoms with Crippen LogP contribution in [0, 0.1) is 0 Å². The van der Waals surface area contributed by atoms with E-state index in [1.807, 2.05) is 24.3 Å². The summed E-state index contributed by atoms with van der Waals surface area (Å²) >= 11 is 11.8. The van der Waals surface area contributed by atoms with Gasteiger partial charge in [-0.15, -0.1) is 0 Å². The van der Waals surface area contributed by atoms with Crippen LogP contribution in [0.5, 0.6) is 0 Å². The number of hydrogen-bond donors (Lipinski definition) is 2. The summed E-state index contributed by atoms with van der Waals surface area (Å²) in [7, 11) is -3.48. The third-order valence-corrected chi connectivity index (χ3v) is 6.50. The molecule has 2 unspecified atom stereocenters. The van der Waals surface area contributed by atoms with Gasteiger partial charge in [-0.05, 0) is 48.2 Å². The van der Waals surface area contributed by atoms with Crippen LogP contribution in [0.2, 0.25) is 10.0 Å². The van der Waals surface area contributed by atoms with E-state index in [2.05, 4.69) is 5.32 Å². The van der Waals surface area contributed by atoms with E-state index in [0.29, 0.717) is 22.9 Å². The largest absolute Gasteiger partial charge is 0.377 e. The van der Waals surface area contributed by atoms with Gasteiger partial charge in [0.15, 0.2) is 0 Å². The summed E-state index contributed by atoms with van der Waals surface area (Å²) in [5.74, 6) is 0. The Bertz CT molecular complexity index is 873. The van der Waals surface area contributed by atoms with Crippen molar-refractivity contribution < 1.29 is 13.5 Å². The molecular formula is C19H22Cl2N2O3S. The first-order chi connectivity index (χ1) is 12.7. The fourth-order valence-electron chi connectivity index (χ4n) is 3.40. The standard InChI is InChI=1S/C19H22Cl2N2O3S/c1-27(25,26)23-12-17(10-13-2-6-15(20)7-3-13)22-19(24)18(23)11-14-4-8-16(21)9-5-14/h2-9,17-19,22,24H,10-12H2,1H3/t17?,18-,19?/m0/s1. The van der Waals surface area contributed by atoms with Crippen LogP contribution in [0.15, 0.2) is 48.5 Å². The number of benzene rings is 2. The Morgan fingerprint density at radius 3 is 1.96 bits per heavy atom. The van der Waals surface area contributed by atoms with Gasteiger partial charge in [-0.25, -0.2) is 8.42 Å². The van der Waals surface area contributed by atoms with E-state index >= 15 is 0 Å². The fraction of sp³-hybridized carbons (Fsp3) is 0.368. The van der Waals surface area contributed by atoms with Crippen molar-refractivity contribution in [3.63, 3.8) is 0 Å². The molecule has 1 saturated heterocycles. The molecule has 2 aromatic carbocycles. The number of rotatable bonds is 5. The lowest BCUT2D eigenvalue weighted by atomic mass is 9.98. The Morgan fingerprint density at radius 2 is 1.48 bits per heavy atom. The van der Waals surface area contributed by atoms with Crippen molar-refractivity contribution in [2.24, 2.45) is 0 Å². The van der Waals surface area contributed by atoms with Crippen LogP contribution in [0.4, 0.5) is 0 Å². The lowest BCUT2D eigenvalue weighted by Gasteiger charge is -2.42. The molecule has 0 bridgehead atoms. The molecule has 0 aliphatic carbocycles. The van der Waals surface area contributed by atoms with E-state index in [9.17, 15) is 13.5 Å². The minimum absolute atomic E-state index is 0.197. The van der Waals surface area contributed by atoms with Crippen molar-refractivity contribution in [1.82, 2.24) is 9.62 Å². The maximum absolute atomic E-state index is 12.4. The van der Waals surface area contributed by atoms with E-state index < -0.39 is 22.3 Å². The highest BCUT2D eigenvalue weighted by Crippen LogP contribution is 2.22. The molecule has 3 atom stereocenters. The number of piperazine rings is 1. The van der Waals surface area contributed by atoms with E-state index in [1.165, 1.54) is 10.6 Å². The first-order valence-corrected chi connectivity index (χ1v) is 11.2. The minimum atomic E-state index is -3.48. The van der Waals surface area contributed by atoms with Crippen LogP contribution in [-0.4, -0.2) is 48.9 Å². The van der Waals surface area contributed by atoms with E-state index in [1.54, 1.807) is 24.3 Å². The lowest BCUT2D eigenvalue weighted by Crippen LogP contribution is -2.64. The predicted molar refractivity (Wildman–Crippen MR) is 109 cm³/mol. The summed E-state index contributed by atoms with van der Waals surface area (Å²) in [5.41, 5.74) is 1.93. The van der Waals surface area contributed by atoms with Crippen molar-refractivity contribution in [2.75, 3.05) is 12.8 Å². The summed E-state index contributed by atoms with van der Waals surface area (Å²) in [6.45, 7) is 0.288. The maximum atomic E-state index is 12.4. The summed E-state index contributed by atoms with van der Waals surface area (Å²) < 4.78 is 26.1. The second-order valence-corrected chi connectivity index (χ2v) is 9.68. The zero-order chi connectivity index (χ0) is 19.6.